The average Bonchev–Trinajstić information content (AvgIpc) is 2.69. The molecule has 0 aromatic heterocycles. The van der Waals surface area contributed by atoms with Gasteiger partial charge in [0.2, 0.25) is 0 Å². The molecule has 0 spiro atoms. The molecule has 28 heavy (non-hydrogen) atoms. The van der Waals surface area contributed by atoms with Gasteiger partial charge in [0.25, 0.3) is 10.0 Å². The fourth-order valence-corrected chi connectivity index (χ4v) is 3.60. The third kappa shape index (κ3) is 5.31. The normalized spacial score (nSPS) is 10.8. The number of anilines is 1. The third-order valence-corrected chi connectivity index (χ3v) is 5.00. The van der Waals surface area contributed by atoms with Crippen molar-refractivity contribution in [1.29, 1.82) is 0 Å². The predicted octanol–water partition coefficient (Wildman–Crippen LogP) is 4.54. The van der Waals surface area contributed by atoms with Crippen LogP contribution in [0.15, 0.2) is 90.3 Å². The maximum Gasteiger partial charge on any atom is 0.333 e. The van der Waals surface area contributed by atoms with Crippen LogP contribution in [-0.2, 0) is 10.0 Å². The van der Waals surface area contributed by atoms with E-state index in [1.165, 1.54) is 0 Å². The Labute approximate surface area is 164 Å². The molecule has 0 radical (unpaired) electrons. The van der Waals surface area contributed by atoms with Crippen LogP contribution in [0.5, 0.6) is 0 Å². The highest BCUT2D eigenvalue weighted by Crippen LogP contribution is 2.24. The van der Waals surface area contributed by atoms with E-state index in [9.17, 15) is 13.2 Å². The standard InChI is InChI=1S/C22H20N2O3S/c1-17-12-14-20(15-13-17)23-22(25)24-28(26,27)16-21(18-8-4-2-5-9-18)19-10-6-3-7-11-19/h2-16H,1H3,(H2,23,24,25). The lowest BCUT2D eigenvalue weighted by atomic mass is 10.00. The molecule has 0 heterocycles. The van der Waals surface area contributed by atoms with E-state index in [1.807, 2.05) is 84.4 Å². The van der Waals surface area contributed by atoms with E-state index in [1.54, 1.807) is 12.1 Å². The summed E-state index contributed by atoms with van der Waals surface area (Å²) in [5.41, 5.74) is 3.51. The maximum absolute atomic E-state index is 12.6. The van der Waals surface area contributed by atoms with Crippen molar-refractivity contribution < 1.29 is 13.2 Å². The van der Waals surface area contributed by atoms with Crippen LogP contribution in [0, 0.1) is 6.92 Å². The Morgan fingerprint density at radius 3 is 1.79 bits per heavy atom. The zero-order valence-electron chi connectivity index (χ0n) is 15.3. The van der Waals surface area contributed by atoms with Crippen LogP contribution in [0.2, 0.25) is 0 Å². The van der Waals surface area contributed by atoms with Gasteiger partial charge in [-0.25, -0.2) is 17.9 Å². The van der Waals surface area contributed by atoms with E-state index >= 15 is 0 Å². The van der Waals surface area contributed by atoms with E-state index in [-0.39, 0.29) is 0 Å². The first-order valence-electron chi connectivity index (χ1n) is 8.66. The van der Waals surface area contributed by atoms with E-state index < -0.39 is 16.1 Å². The molecule has 0 aliphatic heterocycles. The predicted molar refractivity (Wildman–Crippen MR) is 112 cm³/mol. The first-order chi connectivity index (χ1) is 13.4. The first-order valence-corrected chi connectivity index (χ1v) is 10.2. The van der Waals surface area contributed by atoms with Crippen molar-refractivity contribution in [3.8, 4) is 0 Å². The van der Waals surface area contributed by atoms with Gasteiger partial charge in [0.1, 0.15) is 0 Å². The van der Waals surface area contributed by atoms with Crippen LogP contribution in [-0.4, -0.2) is 14.4 Å². The first kappa shape index (κ1) is 19.4. The summed E-state index contributed by atoms with van der Waals surface area (Å²) in [6, 6.07) is 24.6. The average molecular weight is 392 g/mol. The molecule has 2 N–H and O–H groups in total. The second kappa shape index (κ2) is 8.54. The van der Waals surface area contributed by atoms with Gasteiger partial charge in [0.05, 0.1) is 5.41 Å². The van der Waals surface area contributed by atoms with Crippen molar-refractivity contribution in [2.45, 2.75) is 6.92 Å². The number of rotatable bonds is 5. The number of nitrogens with one attached hydrogen (secondary N) is 2. The molecular formula is C22H20N2O3S. The lowest BCUT2D eigenvalue weighted by Gasteiger charge is -2.10. The van der Waals surface area contributed by atoms with E-state index in [4.69, 9.17) is 0 Å². The minimum Gasteiger partial charge on any atom is -0.307 e. The summed E-state index contributed by atoms with van der Waals surface area (Å²) in [6.07, 6.45) is 0. The summed E-state index contributed by atoms with van der Waals surface area (Å²) in [6.45, 7) is 1.92. The van der Waals surface area contributed by atoms with Gasteiger partial charge >= 0.3 is 6.03 Å². The number of benzene rings is 3. The highest BCUT2D eigenvalue weighted by molar-refractivity contribution is 7.93. The Bertz CT molecular complexity index is 1030. The lowest BCUT2D eigenvalue weighted by Crippen LogP contribution is -2.33. The summed E-state index contributed by atoms with van der Waals surface area (Å²) in [7, 11) is -4.03. The zero-order chi connectivity index (χ0) is 20.0. The van der Waals surface area contributed by atoms with Crippen LogP contribution in [0.25, 0.3) is 5.57 Å². The van der Waals surface area contributed by atoms with Gasteiger partial charge < -0.3 is 5.32 Å². The Morgan fingerprint density at radius 2 is 1.29 bits per heavy atom. The number of amides is 2. The number of urea groups is 1. The molecule has 5 nitrogen and oxygen atoms in total. The largest absolute Gasteiger partial charge is 0.333 e. The fraction of sp³-hybridized carbons (Fsp3) is 0.0455. The van der Waals surface area contributed by atoms with Gasteiger partial charge in [-0.3, -0.25) is 0 Å². The summed E-state index contributed by atoms with van der Waals surface area (Å²) < 4.78 is 27.2. The van der Waals surface area contributed by atoms with Gasteiger partial charge in [-0.1, -0.05) is 78.4 Å². The van der Waals surface area contributed by atoms with Crippen LogP contribution >= 0.6 is 0 Å². The molecule has 3 aromatic rings. The Hall–Kier alpha value is -3.38. The van der Waals surface area contributed by atoms with Crippen LogP contribution in [0.1, 0.15) is 16.7 Å². The summed E-state index contributed by atoms with van der Waals surface area (Å²) in [4.78, 5) is 12.1. The fourth-order valence-electron chi connectivity index (χ4n) is 2.65. The quantitative estimate of drug-likeness (QED) is 0.670. The van der Waals surface area contributed by atoms with Gasteiger partial charge in [-0.2, -0.15) is 0 Å². The molecule has 0 saturated heterocycles. The number of carbonyl (C=O) groups excluding carboxylic acids is 1. The minimum atomic E-state index is -4.03. The Morgan fingerprint density at radius 1 is 0.786 bits per heavy atom. The second-order valence-corrected chi connectivity index (χ2v) is 7.76. The van der Waals surface area contributed by atoms with Gasteiger partial charge in [0.15, 0.2) is 0 Å². The molecule has 0 atom stereocenters. The number of sulfonamides is 1. The van der Waals surface area contributed by atoms with Gasteiger partial charge in [0, 0.05) is 11.3 Å². The number of carbonyl (C=O) groups is 1. The number of aryl methyl sites for hydroxylation is 1. The van der Waals surface area contributed by atoms with E-state index in [0.717, 1.165) is 22.1 Å². The van der Waals surface area contributed by atoms with Crippen LogP contribution in [0.4, 0.5) is 10.5 Å². The smallest absolute Gasteiger partial charge is 0.307 e. The van der Waals surface area contributed by atoms with E-state index in [0.29, 0.717) is 11.3 Å². The molecule has 0 aliphatic carbocycles. The zero-order valence-corrected chi connectivity index (χ0v) is 16.1. The molecule has 142 valence electrons. The monoisotopic (exact) mass is 392 g/mol. The number of hydrogen-bond donors (Lipinski definition) is 2. The highest BCUT2D eigenvalue weighted by atomic mass is 32.2. The third-order valence-electron chi connectivity index (χ3n) is 3.99. The van der Waals surface area contributed by atoms with Crippen molar-refractivity contribution in [2.75, 3.05) is 5.32 Å². The molecular weight excluding hydrogens is 372 g/mol. The Kier molecular flexibility index (Phi) is 5.91. The van der Waals surface area contributed by atoms with Crippen LogP contribution in [0.3, 0.4) is 0 Å². The maximum atomic E-state index is 12.6. The van der Waals surface area contributed by atoms with Crippen molar-refractivity contribution in [1.82, 2.24) is 4.72 Å². The minimum absolute atomic E-state index is 0.497. The summed E-state index contributed by atoms with van der Waals surface area (Å²) in [5.74, 6) is 0. The van der Waals surface area contributed by atoms with Gasteiger partial charge in [-0.15, -0.1) is 0 Å². The molecule has 6 heteroatoms. The van der Waals surface area contributed by atoms with Crippen molar-refractivity contribution in [3.63, 3.8) is 0 Å². The van der Waals surface area contributed by atoms with Crippen molar-refractivity contribution >= 4 is 27.3 Å². The molecule has 0 aliphatic rings. The van der Waals surface area contributed by atoms with E-state index in [2.05, 4.69) is 5.32 Å². The number of hydrogen-bond acceptors (Lipinski definition) is 3. The van der Waals surface area contributed by atoms with Crippen molar-refractivity contribution in [2.24, 2.45) is 0 Å². The lowest BCUT2D eigenvalue weighted by molar-refractivity contribution is 0.256. The molecule has 2 amide bonds. The molecule has 0 fully saturated rings. The van der Waals surface area contributed by atoms with Gasteiger partial charge in [-0.05, 0) is 30.2 Å². The summed E-state index contributed by atoms with van der Waals surface area (Å²) in [5, 5.41) is 3.60. The molecule has 3 aromatic carbocycles. The topological polar surface area (TPSA) is 75.3 Å². The van der Waals surface area contributed by atoms with Crippen LogP contribution < -0.4 is 10.0 Å². The molecule has 3 rings (SSSR count). The summed E-state index contributed by atoms with van der Waals surface area (Å²) >= 11 is 0. The molecule has 0 saturated carbocycles. The van der Waals surface area contributed by atoms with Crippen molar-refractivity contribution in [3.05, 3.63) is 107 Å². The SMILES string of the molecule is Cc1ccc(NC(=O)NS(=O)(=O)C=C(c2ccccc2)c2ccccc2)cc1. The Balaban J connectivity index is 1.86. The molecule has 0 bridgehead atoms. The highest BCUT2D eigenvalue weighted by Gasteiger charge is 2.15. The second-order valence-electron chi connectivity index (χ2n) is 6.23. The molecule has 0 unspecified atom stereocenters.